The Hall–Kier alpha value is -3.92. The zero-order valence-corrected chi connectivity index (χ0v) is 18.6. The molecule has 0 unspecified atom stereocenters. The smallest absolute Gasteiger partial charge is 0.229 e. The van der Waals surface area contributed by atoms with Crippen molar-refractivity contribution < 1.29 is 4.79 Å². The molecule has 7 heteroatoms. The van der Waals surface area contributed by atoms with Crippen molar-refractivity contribution in [2.24, 2.45) is 12.8 Å². The van der Waals surface area contributed by atoms with Gasteiger partial charge in [-0.1, -0.05) is 11.8 Å². The molecule has 164 valence electrons. The standard InChI is InChI=1S/C26H24N6O/c1-28-23-19-14-29-22(26(9-10-26)25(27)33)12-18(19)17(13-30-23)5-3-15-4-8-20-21(11-15)32(2)24(31-20)16-6-7-16/h4,8,11-14,16H,6-7,9-10H2,1-2H3,(H2,27,33)(H,28,30). The SMILES string of the molecule is CNc1ncc(C#Cc2ccc3nc(C4CC4)n(C)c3c2)c2cc(C3(C(N)=O)CC3)ncc12. The number of carbonyl (C=O) groups is 1. The third kappa shape index (κ3) is 3.13. The molecule has 1 amide bonds. The van der Waals surface area contributed by atoms with Crippen LogP contribution in [0.4, 0.5) is 5.82 Å². The van der Waals surface area contributed by atoms with Crippen molar-refractivity contribution in [3.63, 3.8) is 0 Å². The average Bonchev–Trinajstić information content (AvgIpc) is 3.75. The second kappa shape index (κ2) is 7.04. The predicted octanol–water partition coefficient (Wildman–Crippen LogP) is 3.35. The Labute approximate surface area is 191 Å². The minimum Gasteiger partial charge on any atom is -0.373 e. The Morgan fingerprint density at radius 2 is 1.97 bits per heavy atom. The van der Waals surface area contributed by atoms with Crippen LogP contribution in [0.25, 0.3) is 21.8 Å². The fourth-order valence-corrected chi connectivity index (χ4v) is 4.58. The van der Waals surface area contributed by atoms with E-state index in [0.29, 0.717) is 11.6 Å². The Balaban J connectivity index is 1.44. The number of pyridine rings is 2. The van der Waals surface area contributed by atoms with E-state index < -0.39 is 5.41 Å². The number of amides is 1. The predicted molar refractivity (Wildman–Crippen MR) is 128 cm³/mol. The summed E-state index contributed by atoms with van der Waals surface area (Å²) >= 11 is 0. The molecule has 4 aromatic rings. The van der Waals surface area contributed by atoms with Crippen LogP contribution in [0, 0.1) is 11.8 Å². The summed E-state index contributed by atoms with van der Waals surface area (Å²) in [6.07, 6.45) is 7.45. The van der Waals surface area contributed by atoms with Crippen LogP contribution in [-0.4, -0.2) is 32.5 Å². The highest BCUT2D eigenvalue weighted by Gasteiger charge is 2.51. The number of hydrogen-bond acceptors (Lipinski definition) is 5. The summed E-state index contributed by atoms with van der Waals surface area (Å²) < 4.78 is 2.19. The van der Waals surface area contributed by atoms with Gasteiger partial charge < -0.3 is 15.6 Å². The molecule has 0 saturated heterocycles. The second-order valence-electron chi connectivity index (χ2n) is 9.09. The number of hydrogen-bond donors (Lipinski definition) is 2. The minimum absolute atomic E-state index is 0.320. The zero-order valence-electron chi connectivity index (χ0n) is 18.6. The first-order chi connectivity index (χ1) is 16.0. The fourth-order valence-electron chi connectivity index (χ4n) is 4.58. The highest BCUT2D eigenvalue weighted by Crippen LogP contribution is 2.47. The normalized spacial score (nSPS) is 16.4. The summed E-state index contributed by atoms with van der Waals surface area (Å²) in [5.74, 6) is 8.76. The number of nitrogens with two attached hydrogens (primary N) is 1. The van der Waals surface area contributed by atoms with Gasteiger partial charge in [0.05, 0.1) is 27.7 Å². The van der Waals surface area contributed by atoms with Gasteiger partial charge in [0.2, 0.25) is 5.91 Å². The number of aromatic nitrogens is 4. The molecule has 2 fully saturated rings. The van der Waals surface area contributed by atoms with Crippen LogP contribution in [0.1, 0.15) is 54.2 Å². The van der Waals surface area contributed by atoms with Crippen molar-refractivity contribution in [3.8, 4) is 11.8 Å². The van der Waals surface area contributed by atoms with E-state index in [0.717, 1.165) is 57.4 Å². The summed E-state index contributed by atoms with van der Waals surface area (Å²) in [6.45, 7) is 0. The molecular weight excluding hydrogens is 412 g/mol. The molecule has 0 bridgehead atoms. The van der Waals surface area contributed by atoms with E-state index in [-0.39, 0.29) is 5.91 Å². The number of rotatable bonds is 4. The highest BCUT2D eigenvalue weighted by atomic mass is 16.1. The number of nitrogens with zero attached hydrogens (tertiary/aromatic N) is 4. The monoisotopic (exact) mass is 436 g/mol. The lowest BCUT2D eigenvalue weighted by Crippen LogP contribution is -2.29. The summed E-state index contributed by atoms with van der Waals surface area (Å²) in [5.41, 5.74) is 9.56. The molecule has 0 aliphatic heterocycles. The molecule has 3 heterocycles. The van der Waals surface area contributed by atoms with E-state index in [9.17, 15) is 4.79 Å². The summed E-state index contributed by atoms with van der Waals surface area (Å²) in [5, 5.41) is 4.89. The zero-order chi connectivity index (χ0) is 22.7. The van der Waals surface area contributed by atoms with Gasteiger partial charge in [-0.3, -0.25) is 9.78 Å². The summed E-state index contributed by atoms with van der Waals surface area (Å²) in [7, 11) is 3.90. The van der Waals surface area contributed by atoms with Crippen molar-refractivity contribution in [3.05, 3.63) is 59.3 Å². The number of nitrogens with one attached hydrogen (secondary N) is 1. The van der Waals surface area contributed by atoms with Gasteiger partial charge in [0.15, 0.2) is 0 Å². The number of primary amides is 1. The molecule has 2 aliphatic carbocycles. The summed E-state index contributed by atoms with van der Waals surface area (Å²) in [6, 6.07) is 8.09. The van der Waals surface area contributed by atoms with E-state index in [2.05, 4.69) is 44.8 Å². The van der Waals surface area contributed by atoms with E-state index in [1.807, 2.05) is 25.2 Å². The van der Waals surface area contributed by atoms with Gasteiger partial charge in [0.25, 0.3) is 0 Å². The van der Waals surface area contributed by atoms with E-state index in [1.54, 1.807) is 12.4 Å². The van der Waals surface area contributed by atoms with E-state index in [4.69, 9.17) is 10.7 Å². The van der Waals surface area contributed by atoms with Crippen molar-refractivity contribution >= 4 is 33.5 Å². The van der Waals surface area contributed by atoms with Gasteiger partial charge in [-0.25, -0.2) is 9.97 Å². The molecule has 2 aliphatic rings. The number of imidazole rings is 1. The lowest BCUT2D eigenvalue weighted by Gasteiger charge is -2.13. The van der Waals surface area contributed by atoms with Gasteiger partial charge in [0.1, 0.15) is 11.6 Å². The number of benzene rings is 1. The minimum atomic E-state index is -0.647. The lowest BCUT2D eigenvalue weighted by atomic mass is 9.98. The molecular formula is C26H24N6O. The van der Waals surface area contributed by atoms with Gasteiger partial charge in [-0.05, 0) is 49.9 Å². The van der Waals surface area contributed by atoms with Gasteiger partial charge in [-0.15, -0.1) is 0 Å². The Bertz CT molecular complexity index is 1510. The van der Waals surface area contributed by atoms with Crippen LogP contribution >= 0.6 is 0 Å². The third-order valence-electron chi connectivity index (χ3n) is 6.92. The van der Waals surface area contributed by atoms with Crippen molar-refractivity contribution in [2.75, 3.05) is 12.4 Å². The molecule has 3 N–H and O–H groups in total. The molecule has 2 saturated carbocycles. The van der Waals surface area contributed by atoms with Gasteiger partial charge in [-0.2, -0.15) is 0 Å². The Morgan fingerprint density at radius 1 is 1.15 bits per heavy atom. The van der Waals surface area contributed by atoms with Crippen LogP contribution in [0.2, 0.25) is 0 Å². The highest BCUT2D eigenvalue weighted by molar-refractivity contribution is 5.97. The van der Waals surface area contributed by atoms with Crippen molar-refractivity contribution in [1.29, 1.82) is 0 Å². The molecule has 7 nitrogen and oxygen atoms in total. The van der Waals surface area contributed by atoms with Crippen LogP contribution < -0.4 is 11.1 Å². The van der Waals surface area contributed by atoms with Crippen molar-refractivity contribution in [2.45, 2.75) is 37.0 Å². The average molecular weight is 437 g/mol. The van der Waals surface area contributed by atoms with Crippen LogP contribution in [0.3, 0.4) is 0 Å². The maximum Gasteiger partial charge on any atom is 0.229 e. The van der Waals surface area contributed by atoms with Gasteiger partial charge >= 0.3 is 0 Å². The van der Waals surface area contributed by atoms with E-state index in [1.165, 1.54) is 12.8 Å². The van der Waals surface area contributed by atoms with Crippen LogP contribution in [0.5, 0.6) is 0 Å². The maximum absolute atomic E-state index is 12.0. The number of carbonyl (C=O) groups excluding carboxylic acids is 1. The first-order valence-corrected chi connectivity index (χ1v) is 11.3. The fraction of sp³-hybridized carbons (Fsp3) is 0.308. The van der Waals surface area contributed by atoms with Crippen LogP contribution in [0.15, 0.2) is 36.7 Å². The van der Waals surface area contributed by atoms with Crippen LogP contribution in [-0.2, 0) is 17.3 Å². The quantitative estimate of drug-likeness (QED) is 0.478. The molecule has 0 spiro atoms. The molecule has 6 rings (SSSR count). The topological polar surface area (TPSA) is 98.7 Å². The first-order valence-electron chi connectivity index (χ1n) is 11.3. The van der Waals surface area contributed by atoms with Gasteiger partial charge in [0, 0.05) is 48.7 Å². The Kier molecular flexibility index (Phi) is 4.21. The second-order valence-corrected chi connectivity index (χ2v) is 9.09. The van der Waals surface area contributed by atoms with E-state index >= 15 is 0 Å². The Morgan fingerprint density at radius 3 is 2.67 bits per heavy atom. The molecule has 1 aromatic carbocycles. The lowest BCUT2D eigenvalue weighted by molar-refractivity contribution is -0.120. The summed E-state index contributed by atoms with van der Waals surface area (Å²) in [4.78, 5) is 25.9. The molecule has 0 atom stereocenters. The maximum atomic E-state index is 12.0. The number of anilines is 1. The van der Waals surface area contributed by atoms with Crippen molar-refractivity contribution in [1.82, 2.24) is 19.5 Å². The number of aryl methyl sites for hydroxylation is 1. The largest absolute Gasteiger partial charge is 0.373 e. The molecule has 3 aromatic heterocycles. The number of fused-ring (bicyclic) bond motifs is 2. The molecule has 33 heavy (non-hydrogen) atoms. The molecule has 0 radical (unpaired) electrons. The first kappa shape index (κ1) is 19.7. The third-order valence-corrected chi connectivity index (χ3v) is 6.92.